The molecule has 2 amide bonds. The Hall–Kier alpha value is -4.22. The van der Waals surface area contributed by atoms with E-state index in [1.54, 1.807) is 0 Å². The van der Waals surface area contributed by atoms with Crippen LogP contribution in [0.15, 0.2) is 0 Å². The number of rotatable bonds is 32. The van der Waals surface area contributed by atoms with Crippen LogP contribution in [0.25, 0.3) is 0 Å². The van der Waals surface area contributed by atoms with Crippen LogP contribution in [0, 0.1) is 38.5 Å². The molecule has 2 rings (SSSR count). The highest BCUT2D eigenvalue weighted by Crippen LogP contribution is 2.44. The van der Waals surface area contributed by atoms with Gasteiger partial charge in [0.05, 0.1) is 13.0 Å². The van der Waals surface area contributed by atoms with Crippen LogP contribution in [0.4, 0.5) is 0 Å². The number of carbonyl (C=O) groups is 7. The zero-order valence-corrected chi connectivity index (χ0v) is 40.3. The molecule has 1 aromatic rings. The van der Waals surface area contributed by atoms with Crippen LogP contribution in [0.2, 0.25) is 0 Å². The molecule has 17 heteroatoms. The van der Waals surface area contributed by atoms with Crippen LogP contribution in [0.3, 0.4) is 0 Å². The number of Topliss-reactive ketones (excluding diaryl/α,β-unsaturated/α-hetero) is 1. The molecule has 1 heterocycles. The summed E-state index contributed by atoms with van der Waals surface area (Å²) in [5.41, 5.74) is 7.47. The second kappa shape index (κ2) is 28.6. The number of ketones is 1. The molecule has 0 bridgehead atoms. The van der Waals surface area contributed by atoms with E-state index < -0.39 is 59.9 Å². The van der Waals surface area contributed by atoms with Gasteiger partial charge in [0.2, 0.25) is 11.8 Å². The molecule has 3 unspecified atom stereocenters. The molecule has 1 aliphatic heterocycles. The van der Waals surface area contributed by atoms with E-state index in [0.29, 0.717) is 48.1 Å². The van der Waals surface area contributed by atoms with Crippen LogP contribution < -0.4 is 31.2 Å². The van der Waals surface area contributed by atoms with Gasteiger partial charge in [-0.05, 0) is 100 Å². The predicted molar refractivity (Wildman–Crippen MR) is 247 cm³/mol. The molecule has 16 nitrogen and oxygen atoms in total. The Balaban J connectivity index is 1.76. The molecule has 1 aromatic carbocycles. The van der Waals surface area contributed by atoms with Crippen molar-refractivity contribution in [1.82, 2.24) is 16.0 Å². The summed E-state index contributed by atoms with van der Waals surface area (Å²) in [6.07, 6.45) is 10.4. The summed E-state index contributed by atoms with van der Waals surface area (Å²) in [5.74, 6) is -1.12. The van der Waals surface area contributed by atoms with Gasteiger partial charge >= 0.3 is 23.9 Å². The first kappa shape index (κ1) is 55.9. The predicted octanol–water partition coefficient (Wildman–Crippen LogP) is 5.74. The van der Waals surface area contributed by atoms with Gasteiger partial charge in [-0.3, -0.25) is 33.6 Å². The molecule has 0 saturated carbocycles. The van der Waals surface area contributed by atoms with Crippen molar-refractivity contribution >= 4 is 53.2 Å². The van der Waals surface area contributed by atoms with Crippen LogP contribution in [-0.4, -0.2) is 107 Å². The molecule has 5 atom stereocenters. The fourth-order valence-electron chi connectivity index (χ4n) is 7.55. The normalized spacial score (nSPS) is 16.5. The monoisotopic (exact) mass is 921 g/mol. The van der Waals surface area contributed by atoms with E-state index in [1.165, 1.54) is 50.3 Å². The third-order valence-electron chi connectivity index (χ3n) is 11.8. The van der Waals surface area contributed by atoms with E-state index in [9.17, 15) is 33.6 Å². The number of carboxylic acid groups (broad SMARTS) is 2. The molecule has 0 aliphatic carbocycles. The van der Waals surface area contributed by atoms with E-state index in [2.05, 4.69) is 43.6 Å². The van der Waals surface area contributed by atoms with Gasteiger partial charge in [0.25, 0.3) is 0 Å². The van der Waals surface area contributed by atoms with E-state index in [4.69, 9.17) is 30.2 Å². The summed E-state index contributed by atoms with van der Waals surface area (Å²) in [6, 6.07) is -2.29. The fourth-order valence-corrected chi connectivity index (χ4v) is 8.53. The van der Waals surface area contributed by atoms with Crippen molar-refractivity contribution in [3.63, 3.8) is 0 Å². The molecule has 0 radical (unpaired) electrons. The average molecular weight is 921 g/mol. The molecule has 0 fully saturated rings. The minimum atomic E-state index is -1.26. The van der Waals surface area contributed by atoms with Gasteiger partial charge in [-0.2, -0.15) is 11.8 Å². The number of amides is 2. The number of carbonyl (C=O) groups excluding carboxylic acids is 5. The number of thioether (sulfide) groups is 1. The fraction of sp³-hybridized carbons (Fsp3) is 0.723. The second-order valence-corrected chi connectivity index (χ2v) is 19.2. The van der Waals surface area contributed by atoms with E-state index >= 15 is 0 Å². The molecule has 7 N–H and O–H groups in total. The summed E-state index contributed by atoms with van der Waals surface area (Å²) in [6.45, 7) is 16.2. The topological polar surface area (TPSA) is 250 Å². The second-order valence-electron chi connectivity index (χ2n) is 18.1. The summed E-state index contributed by atoms with van der Waals surface area (Å²) in [4.78, 5) is 85.4. The van der Waals surface area contributed by atoms with Crippen molar-refractivity contribution < 1.29 is 58.0 Å². The molecule has 0 saturated heterocycles. The SMILES string of the molecule is Cc1c(C)c2c(c(C)c1OC(=O)CCOC(=O)CNCCCSC[C@H](NC(=O)CC[C@H](N)C(=O)O)C(=O)NCC(=O)O)CC(=O)C(C)(CCCC(C)CCCC(C)CCCC(C)C)O2. The Labute approximate surface area is 384 Å². The van der Waals surface area contributed by atoms with Gasteiger partial charge in [-0.15, -0.1) is 0 Å². The van der Waals surface area contributed by atoms with Gasteiger partial charge in [0.15, 0.2) is 11.4 Å². The highest BCUT2D eigenvalue weighted by atomic mass is 32.2. The van der Waals surface area contributed by atoms with E-state index in [1.807, 2.05) is 27.7 Å². The molecule has 0 spiro atoms. The van der Waals surface area contributed by atoms with E-state index in [0.717, 1.165) is 41.4 Å². The number of esters is 2. The van der Waals surface area contributed by atoms with Crippen molar-refractivity contribution in [2.24, 2.45) is 23.5 Å². The standard InChI is InChI=1S/C47H76N4O12S/c1-29(2)13-9-14-30(3)15-10-16-31(4)17-11-21-47(8)38(52)25-35-34(7)43(32(5)33(6)44(35)63-47)62-41(56)20-23-61-42(57)27-49-22-12-24-64-28-37(45(58)50-26-40(54)55)51-39(53)19-18-36(48)46(59)60/h29-31,36-37,49H,9-28,48H2,1-8H3,(H,50,58)(H,51,53)(H,54,55)(H,59,60)/t30?,31?,36-,37-,47?/m0/s1. The quantitative estimate of drug-likeness (QED) is 0.0286. The van der Waals surface area contributed by atoms with Crippen LogP contribution >= 0.6 is 11.8 Å². The van der Waals surface area contributed by atoms with Gasteiger partial charge < -0.3 is 46.1 Å². The third kappa shape index (κ3) is 20.3. The molecular weight excluding hydrogens is 845 g/mol. The maximum atomic E-state index is 13.6. The highest BCUT2D eigenvalue weighted by Gasteiger charge is 2.41. The Morgan fingerprint density at radius 2 is 1.47 bits per heavy atom. The lowest BCUT2D eigenvalue weighted by molar-refractivity contribution is -0.145. The largest absolute Gasteiger partial charge is 0.480 e. The summed E-state index contributed by atoms with van der Waals surface area (Å²) >= 11 is 1.32. The van der Waals surface area contributed by atoms with Crippen molar-refractivity contribution in [2.45, 2.75) is 163 Å². The number of nitrogens with one attached hydrogen (secondary N) is 3. The van der Waals surface area contributed by atoms with Crippen LogP contribution in [0.5, 0.6) is 11.5 Å². The van der Waals surface area contributed by atoms with Crippen molar-refractivity contribution in [1.29, 1.82) is 0 Å². The van der Waals surface area contributed by atoms with Crippen LogP contribution in [-0.2, 0) is 44.7 Å². The maximum absolute atomic E-state index is 13.6. The number of carboxylic acids is 2. The average Bonchev–Trinajstić information content (AvgIpc) is 3.22. The van der Waals surface area contributed by atoms with E-state index in [-0.39, 0.29) is 50.4 Å². The van der Waals surface area contributed by atoms with Gasteiger partial charge in [-0.25, -0.2) is 0 Å². The summed E-state index contributed by atoms with van der Waals surface area (Å²) < 4.78 is 17.5. The number of ether oxygens (including phenoxy) is 3. The molecule has 362 valence electrons. The van der Waals surface area contributed by atoms with Crippen molar-refractivity contribution in [3.8, 4) is 11.5 Å². The first-order valence-corrected chi connectivity index (χ1v) is 24.1. The zero-order chi connectivity index (χ0) is 48.0. The smallest absolute Gasteiger partial charge is 0.322 e. The number of benzene rings is 1. The Morgan fingerprint density at radius 3 is 2.09 bits per heavy atom. The lowest BCUT2D eigenvalue weighted by Gasteiger charge is -2.37. The minimum Gasteiger partial charge on any atom is -0.480 e. The number of hydrogen-bond acceptors (Lipinski definition) is 13. The molecule has 0 aromatic heterocycles. The molecule has 64 heavy (non-hydrogen) atoms. The minimum absolute atomic E-state index is 0.0120. The Bertz CT molecular complexity index is 1740. The molecule has 1 aliphatic rings. The number of nitrogens with two attached hydrogens (primary N) is 1. The zero-order valence-electron chi connectivity index (χ0n) is 39.5. The summed E-state index contributed by atoms with van der Waals surface area (Å²) in [5, 5.41) is 25.5. The van der Waals surface area contributed by atoms with Crippen molar-refractivity contribution in [2.75, 3.05) is 37.7 Å². The number of aliphatic carboxylic acids is 2. The Kier molecular flexibility index (Phi) is 25.0. The van der Waals surface area contributed by atoms with Gasteiger partial charge in [-0.1, -0.05) is 72.6 Å². The highest BCUT2D eigenvalue weighted by molar-refractivity contribution is 7.99. The third-order valence-corrected chi connectivity index (χ3v) is 13.0. The first-order valence-electron chi connectivity index (χ1n) is 22.9. The lowest BCUT2D eigenvalue weighted by atomic mass is 9.83. The maximum Gasteiger partial charge on any atom is 0.322 e. The molecular formula is C47H76N4O12S. The van der Waals surface area contributed by atoms with Gasteiger partial charge in [0, 0.05) is 24.2 Å². The lowest BCUT2D eigenvalue weighted by Crippen LogP contribution is -2.49. The first-order chi connectivity index (χ1) is 30.1. The summed E-state index contributed by atoms with van der Waals surface area (Å²) in [7, 11) is 0. The van der Waals surface area contributed by atoms with Gasteiger partial charge in [0.1, 0.15) is 36.7 Å². The Morgan fingerprint density at radius 1 is 0.828 bits per heavy atom. The van der Waals surface area contributed by atoms with Crippen LogP contribution in [0.1, 0.15) is 140 Å². The number of fused-ring (bicyclic) bond motifs is 1. The van der Waals surface area contributed by atoms with Crippen molar-refractivity contribution in [3.05, 3.63) is 22.3 Å². The number of hydrogen-bond donors (Lipinski definition) is 6.